The smallest absolute Gasteiger partial charge is 0.348 e. The van der Waals surface area contributed by atoms with E-state index in [0.29, 0.717) is 5.02 Å². The molecule has 0 saturated carbocycles. The molecule has 1 aromatic rings. The van der Waals surface area contributed by atoms with E-state index < -0.39 is 17.9 Å². The van der Waals surface area contributed by atoms with Gasteiger partial charge in [0.1, 0.15) is 18.5 Å². The lowest BCUT2D eigenvalue weighted by Crippen LogP contribution is -2.36. The van der Waals surface area contributed by atoms with Crippen molar-refractivity contribution >= 4 is 35.0 Å². The number of nitrogens with one attached hydrogen (secondary N) is 1. The fourth-order valence-corrected chi connectivity index (χ4v) is 1.65. The molecule has 1 atom stereocenters. The number of ether oxygens (including phenoxy) is 1. The predicted molar refractivity (Wildman–Crippen MR) is 77.3 cm³/mol. The Kier molecular flexibility index (Phi) is 7.18. The number of Topliss-reactive ketones (excluding diaryl/α,β-unsaturated/α-hetero) is 1. The molecule has 8 heteroatoms. The molecule has 0 aliphatic carbocycles. The summed E-state index contributed by atoms with van der Waals surface area (Å²) in [6.45, 7) is 2.53. The van der Waals surface area contributed by atoms with Crippen LogP contribution >= 0.6 is 23.2 Å². The lowest BCUT2D eigenvalue weighted by molar-refractivity contribution is -0.147. The van der Waals surface area contributed by atoms with Crippen LogP contribution in [0, 0.1) is 0 Å². The zero-order chi connectivity index (χ0) is 15.8. The minimum atomic E-state index is -1.39. The maximum atomic E-state index is 11.6. The predicted octanol–water partition coefficient (Wildman–Crippen LogP) is 1.54. The number of aliphatic hydroxyl groups is 1. The first-order valence-corrected chi connectivity index (χ1v) is 6.54. The summed E-state index contributed by atoms with van der Waals surface area (Å²) in [5, 5.41) is 10.2. The fraction of sp³-hybridized carbons (Fsp3) is 0.231. The molecular weight excluding hydrogens is 321 g/mol. The van der Waals surface area contributed by atoms with Gasteiger partial charge in [-0.3, -0.25) is 4.79 Å². The monoisotopic (exact) mass is 333 g/mol. The molecule has 0 radical (unpaired) electrons. The number of hydrogen-bond donors (Lipinski definition) is 2. The highest BCUT2D eigenvalue weighted by molar-refractivity contribution is 6.35. The molecule has 0 saturated heterocycles. The summed E-state index contributed by atoms with van der Waals surface area (Å²) in [6.07, 6.45) is -0.457. The van der Waals surface area contributed by atoms with Crippen LogP contribution in [0.5, 0.6) is 5.75 Å². The summed E-state index contributed by atoms with van der Waals surface area (Å²) >= 11 is 11.6. The van der Waals surface area contributed by atoms with Gasteiger partial charge in [-0.15, -0.1) is 5.48 Å². The van der Waals surface area contributed by atoms with Crippen molar-refractivity contribution in [2.45, 2.75) is 6.10 Å². The molecule has 2 N–H and O–H groups in total. The van der Waals surface area contributed by atoms with Gasteiger partial charge >= 0.3 is 5.97 Å². The third-order valence-corrected chi connectivity index (χ3v) is 2.78. The lowest BCUT2D eigenvalue weighted by Gasteiger charge is -2.12. The molecule has 0 heterocycles. The van der Waals surface area contributed by atoms with Crippen LogP contribution in [0.2, 0.25) is 10.0 Å². The van der Waals surface area contributed by atoms with Gasteiger partial charge < -0.3 is 14.7 Å². The third kappa shape index (κ3) is 6.14. The number of benzene rings is 1. The largest absolute Gasteiger partial charge is 0.484 e. The molecule has 21 heavy (non-hydrogen) atoms. The molecule has 1 aromatic carbocycles. The molecule has 0 aliphatic heterocycles. The van der Waals surface area contributed by atoms with Gasteiger partial charge in [-0.2, -0.15) is 0 Å². The van der Waals surface area contributed by atoms with E-state index in [1.165, 1.54) is 12.1 Å². The molecule has 0 aromatic heterocycles. The normalized spacial score (nSPS) is 11.6. The summed E-state index contributed by atoms with van der Waals surface area (Å²) in [5.74, 6) is -1.06. The SMILES string of the molecule is C=CC(=O)ONCC(O)C(=O)COc1ccc(Cl)cc1Cl. The molecule has 0 aliphatic rings. The van der Waals surface area contributed by atoms with Crippen LogP contribution in [0.3, 0.4) is 0 Å². The Hall–Kier alpha value is -1.60. The van der Waals surface area contributed by atoms with E-state index in [1.807, 2.05) is 0 Å². The van der Waals surface area contributed by atoms with Crippen LogP contribution in [-0.2, 0) is 14.4 Å². The zero-order valence-corrected chi connectivity index (χ0v) is 12.4. The van der Waals surface area contributed by atoms with E-state index in [0.717, 1.165) is 6.08 Å². The van der Waals surface area contributed by atoms with Gasteiger partial charge in [0.05, 0.1) is 11.6 Å². The maximum Gasteiger partial charge on any atom is 0.348 e. The molecule has 0 fully saturated rings. The van der Waals surface area contributed by atoms with Crippen LogP contribution in [0.15, 0.2) is 30.9 Å². The Labute approximate surface area is 131 Å². The Morgan fingerprint density at radius 2 is 2.14 bits per heavy atom. The second-order valence-electron chi connectivity index (χ2n) is 3.82. The number of halogens is 2. The standard InChI is InChI=1S/C13H13Cl2NO5/c1-2-13(19)21-16-6-10(17)11(18)7-20-12-4-3-8(14)5-9(12)15/h2-5,10,16-17H,1,6-7H2. The number of hydroxylamine groups is 1. The van der Waals surface area contributed by atoms with Gasteiger partial charge in [0.15, 0.2) is 5.78 Å². The Bertz CT molecular complexity index is 535. The molecule has 6 nitrogen and oxygen atoms in total. The van der Waals surface area contributed by atoms with E-state index >= 15 is 0 Å². The van der Waals surface area contributed by atoms with Gasteiger partial charge in [-0.1, -0.05) is 29.8 Å². The number of rotatable bonds is 8. The minimum absolute atomic E-state index is 0.253. The number of hydrogen-bond acceptors (Lipinski definition) is 6. The first-order valence-electron chi connectivity index (χ1n) is 5.78. The maximum absolute atomic E-state index is 11.6. The number of carbonyl (C=O) groups excluding carboxylic acids is 2. The molecule has 1 unspecified atom stereocenters. The van der Waals surface area contributed by atoms with Crippen molar-refractivity contribution in [1.29, 1.82) is 0 Å². The lowest BCUT2D eigenvalue weighted by atomic mass is 10.2. The first kappa shape index (κ1) is 17.5. The van der Waals surface area contributed by atoms with E-state index in [4.69, 9.17) is 27.9 Å². The van der Waals surface area contributed by atoms with Gasteiger partial charge in [-0.25, -0.2) is 4.79 Å². The summed E-state index contributed by atoms with van der Waals surface area (Å²) in [6, 6.07) is 4.53. The van der Waals surface area contributed by atoms with Crippen LogP contribution in [-0.4, -0.2) is 36.1 Å². The molecule has 114 valence electrons. The number of carbonyl (C=O) groups is 2. The molecule has 0 spiro atoms. The summed E-state index contributed by atoms with van der Waals surface area (Å²) in [7, 11) is 0. The van der Waals surface area contributed by atoms with Crippen molar-refractivity contribution < 1.29 is 24.3 Å². The van der Waals surface area contributed by atoms with Gasteiger partial charge in [0, 0.05) is 11.1 Å². The highest BCUT2D eigenvalue weighted by Crippen LogP contribution is 2.27. The van der Waals surface area contributed by atoms with Gasteiger partial charge in [0.25, 0.3) is 0 Å². The average Bonchev–Trinajstić information content (AvgIpc) is 2.45. The van der Waals surface area contributed by atoms with Crippen molar-refractivity contribution in [3.8, 4) is 5.75 Å². The van der Waals surface area contributed by atoms with Crippen molar-refractivity contribution in [1.82, 2.24) is 5.48 Å². The Morgan fingerprint density at radius 1 is 1.43 bits per heavy atom. The second kappa shape index (κ2) is 8.63. The third-order valence-electron chi connectivity index (χ3n) is 2.25. The van der Waals surface area contributed by atoms with E-state index in [-0.39, 0.29) is 23.9 Å². The fourth-order valence-electron chi connectivity index (χ4n) is 1.18. The quantitative estimate of drug-likeness (QED) is 0.554. The molecule has 1 rings (SSSR count). The van der Waals surface area contributed by atoms with Gasteiger partial charge in [0.2, 0.25) is 0 Å². The summed E-state index contributed by atoms with van der Waals surface area (Å²) < 4.78 is 5.17. The van der Waals surface area contributed by atoms with Crippen LogP contribution in [0.25, 0.3) is 0 Å². The zero-order valence-electron chi connectivity index (χ0n) is 10.8. The topological polar surface area (TPSA) is 84.9 Å². The van der Waals surface area contributed by atoms with E-state index in [9.17, 15) is 14.7 Å². The van der Waals surface area contributed by atoms with Crippen molar-refractivity contribution in [2.24, 2.45) is 0 Å². The van der Waals surface area contributed by atoms with Gasteiger partial charge in [-0.05, 0) is 18.2 Å². The van der Waals surface area contributed by atoms with E-state index in [1.54, 1.807) is 6.07 Å². The average molecular weight is 334 g/mol. The first-order chi connectivity index (χ1) is 9.93. The van der Waals surface area contributed by atoms with E-state index in [2.05, 4.69) is 16.9 Å². The van der Waals surface area contributed by atoms with Crippen molar-refractivity contribution in [3.05, 3.63) is 40.9 Å². The van der Waals surface area contributed by atoms with Crippen LogP contribution in [0.1, 0.15) is 0 Å². The second-order valence-corrected chi connectivity index (χ2v) is 4.66. The minimum Gasteiger partial charge on any atom is -0.484 e. The highest BCUT2D eigenvalue weighted by Gasteiger charge is 2.16. The molecular formula is C13H13Cl2NO5. The molecule has 0 amide bonds. The van der Waals surface area contributed by atoms with Crippen molar-refractivity contribution in [3.63, 3.8) is 0 Å². The van der Waals surface area contributed by atoms with Crippen LogP contribution in [0.4, 0.5) is 0 Å². The Morgan fingerprint density at radius 3 is 2.76 bits per heavy atom. The Balaban J connectivity index is 2.38. The summed E-state index contributed by atoms with van der Waals surface area (Å²) in [5.41, 5.74) is 2.14. The highest BCUT2D eigenvalue weighted by atomic mass is 35.5. The molecule has 0 bridgehead atoms. The number of ketones is 1. The van der Waals surface area contributed by atoms with Crippen LogP contribution < -0.4 is 10.2 Å². The van der Waals surface area contributed by atoms with Crippen molar-refractivity contribution in [2.75, 3.05) is 13.2 Å². The number of aliphatic hydroxyl groups excluding tert-OH is 1. The summed E-state index contributed by atoms with van der Waals surface area (Å²) in [4.78, 5) is 26.7.